The van der Waals surface area contributed by atoms with Gasteiger partial charge in [-0.2, -0.15) is 0 Å². The van der Waals surface area contributed by atoms with Crippen molar-refractivity contribution in [3.8, 4) is 0 Å². The summed E-state index contributed by atoms with van der Waals surface area (Å²) < 4.78 is 28.4. The van der Waals surface area contributed by atoms with Gasteiger partial charge in [-0.15, -0.1) is 0 Å². The van der Waals surface area contributed by atoms with E-state index >= 15 is 0 Å². The van der Waals surface area contributed by atoms with Crippen LogP contribution < -0.4 is 5.32 Å². The van der Waals surface area contributed by atoms with Gasteiger partial charge in [0.2, 0.25) is 0 Å². The molecule has 3 rings (SSSR count). The number of rotatable bonds is 3. The first kappa shape index (κ1) is 10.7. The smallest absolute Gasteiger partial charge is 0.153 e. The maximum Gasteiger partial charge on any atom is 0.153 e. The van der Waals surface area contributed by atoms with Crippen molar-refractivity contribution in [1.82, 2.24) is 14.9 Å². The minimum Gasteiger partial charge on any atom is -0.330 e. The molecule has 0 saturated heterocycles. The number of hydrogen-bond donors (Lipinski definition) is 1. The van der Waals surface area contributed by atoms with Crippen molar-refractivity contribution in [1.29, 1.82) is 0 Å². The van der Waals surface area contributed by atoms with E-state index in [-0.39, 0.29) is 5.52 Å². The summed E-state index contributed by atoms with van der Waals surface area (Å²) in [5, 5.41) is 3.31. The molecule has 1 N–H and O–H groups in total. The molecule has 0 atom stereocenters. The van der Waals surface area contributed by atoms with Crippen LogP contribution in [-0.4, -0.2) is 15.6 Å². The highest BCUT2D eigenvalue weighted by Gasteiger charge is 2.21. The predicted molar refractivity (Wildman–Crippen MR) is 60.5 cm³/mol. The largest absolute Gasteiger partial charge is 0.330 e. The molecule has 2 aromatic rings. The molecule has 1 aliphatic carbocycles. The van der Waals surface area contributed by atoms with Gasteiger partial charge in [-0.05, 0) is 18.9 Å². The number of nitrogens with one attached hydrogen (secondary N) is 1. The topological polar surface area (TPSA) is 29.9 Å². The Morgan fingerprint density at radius 3 is 2.88 bits per heavy atom. The van der Waals surface area contributed by atoms with Gasteiger partial charge in [0, 0.05) is 19.2 Å². The highest BCUT2D eigenvalue weighted by atomic mass is 19.1. The molecule has 0 unspecified atom stereocenters. The Labute approximate surface area is 97.5 Å². The Bertz CT molecular complexity index is 573. The van der Waals surface area contributed by atoms with Gasteiger partial charge in [0.05, 0.1) is 12.1 Å². The van der Waals surface area contributed by atoms with Crippen molar-refractivity contribution in [2.45, 2.75) is 25.4 Å². The average molecular weight is 237 g/mol. The van der Waals surface area contributed by atoms with Gasteiger partial charge in [-0.3, -0.25) is 0 Å². The summed E-state index contributed by atoms with van der Waals surface area (Å²) in [6.45, 7) is 0.594. The van der Waals surface area contributed by atoms with Gasteiger partial charge in [0.1, 0.15) is 17.2 Å². The van der Waals surface area contributed by atoms with Crippen molar-refractivity contribution in [3.05, 3.63) is 29.6 Å². The summed E-state index contributed by atoms with van der Waals surface area (Å²) in [4.78, 5) is 4.21. The third kappa shape index (κ3) is 1.91. The van der Waals surface area contributed by atoms with Crippen LogP contribution in [0, 0.1) is 11.6 Å². The third-order valence-corrected chi connectivity index (χ3v) is 3.12. The lowest BCUT2D eigenvalue weighted by Crippen LogP contribution is -2.18. The van der Waals surface area contributed by atoms with Gasteiger partial charge in [-0.25, -0.2) is 13.8 Å². The average Bonchev–Trinajstić information content (AvgIpc) is 3.04. The van der Waals surface area contributed by atoms with Gasteiger partial charge in [0.15, 0.2) is 5.82 Å². The minimum absolute atomic E-state index is 0.237. The van der Waals surface area contributed by atoms with E-state index in [0.717, 1.165) is 11.9 Å². The lowest BCUT2D eigenvalue weighted by atomic mass is 10.3. The SMILES string of the molecule is Cn1c(CNC2CC2)nc2c(F)cc(F)cc21. The number of hydrogen-bond acceptors (Lipinski definition) is 2. The number of benzene rings is 1. The fourth-order valence-electron chi connectivity index (χ4n) is 1.94. The molecule has 1 aliphatic rings. The molecule has 0 aliphatic heterocycles. The molecule has 1 aromatic heterocycles. The number of fused-ring (bicyclic) bond motifs is 1. The number of halogens is 2. The van der Waals surface area contributed by atoms with E-state index in [0.29, 0.717) is 18.1 Å². The molecular weight excluding hydrogens is 224 g/mol. The van der Waals surface area contributed by atoms with Crippen LogP contribution >= 0.6 is 0 Å². The van der Waals surface area contributed by atoms with E-state index in [9.17, 15) is 8.78 Å². The maximum absolute atomic E-state index is 13.5. The minimum atomic E-state index is -0.603. The van der Waals surface area contributed by atoms with Crippen LogP contribution in [0.25, 0.3) is 11.0 Å². The zero-order chi connectivity index (χ0) is 12.0. The fourth-order valence-corrected chi connectivity index (χ4v) is 1.94. The molecule has 1 fully saturated rings. The Morgan fingerprint density at radius 1 is 1.41 bits per heavy atom. The van der Waals surface area contributed by atoms with E-state index in [1.165, 1.54) is 18.9 Å². The van der Waals surface area contributed by atoms with Gasteiger partial charge in [0.25, 0.3) is 0 Å². The standard InChI is InChI=1S/C12H13F2N3/c1-17-10-5-7(13)4-9(14)12(10)16-11(17)6-15-8-2-3-8/h4-5,8,15H,2-3,6H2,1H3. The molecule has 3 nitrogen and oxygen atoms in total. The van der Waals surface area contributed by atoms with E-state index in [4.69, 9.17) is 0 Å². The van der Waals surface area contributed by atoms with Crippen molar-refractivity contribution < 1.29 is 8.78 Å². The summed E-state index contributed by atoms with van der Waals surface area (Å²) >= 11 is 0. The Hall–Kier alpha value is -1.49. The third-order valence-electron chi connectivity index (χ3n) is 3.12. The van der Waals surface area contributed by atoms with Crippen LogP contribution in [0.4, 0.5) is 8.78 Å². The fraction of sp³-hybridized carbons (Fsp3) is 0.417. The van der Waals surface area contributed by atoms with Crippen molar-refractivity contribution in [2.24, 2.45) is 7.05 Å². The van der Waals surface area contributed by atoms with Crippen LogP contribution in [0.3, 0.4) is 0 Å². The molecule has 1 heterocycles. The lowest BCUT2D eigenvalue weighted by molar-refractivity contribution is 0.590. The quantitative estimate of drug-likeness (QED) is 0.886. The molecule has 0 spiro atoms. The van der Waals surface area contributed by atoms with Crippen LogP contribution in [0.5, 0.6) is 0 Å². The first-order chi connectivity index (χ1) is 8.15. The van der Waals surface area contributed by atoms with Gasteiger partial charge in [-0.1, -0.05) is 0 Å². The highest BCUT2D eigenvalue weighted by Crippen LogP contribution is 2.22. The van der Waals surface area contributed by atoms with Crippen molar-refractivity contribution in [2.75, 3.05) is 0 Å². The van der Waals surface area contributed by atoms with E-state index in [1.807, 2.05) is 0 Å². The summed E-state index contributed by atoms with van der Waals surface area (Å²) in [6, 6.07) is 2.75. The molecule has 0 amide bonds. The molecule has 1 aromatic carbocycles. The van der Waals surface area contributed by atoms with Crippen LogP contribution in [0.1, 0.15) is 18.7 Å². The van der Waals surface area contributed by atoms with E-state index in [1.54, 1.807) is 11.6 Å². The van der Waals surface area contributed by atoms with Crippen LogP contribution in [0.2, 0.25) is 0 Å². The lowest BCUT2D eigenvalue weighted by Gasteiger charge is -2.03. The summed E-state index contributed by atoms with van der Waals surface area (Å²) in [7, 11) is 1.78. The second-order valence-corrected chi connectivity index (χ2v) is 4.50. The zero-order valence-corrected chi connectivity index (χ0v) is 9.50. The predicted octanol–water partition coefficient (Wildman–Crippen LogP) is 2.10. The summed E-state index contributed by atoms with van der Waals surface area (Å²) in [5.74, 6) is -0.440. The Kier molecular flexibility index (Phi) is 2.36. The Balaban J connectivity index is 2.01. The number of aromatic nitrogens is 2. The van der Waals surface area contributed by atoms with E-state index in [2.05, 4.69) is 10.3 Å². The maximum atomic E-state index is 13.5. The summed E-state index contributed by atoms with van der Waals surface area (Å²) in [6.07, 6.45) is 2.37. The molecule has 90 valence electrons. The van der Waals surface area contributed by atoms with Crippen LogP contribution in [0.15, 0.2) is 12.1 Å². The molecule has 0 bridgehead atoms. The number of nitrogens with zero attached hydrogens (tertiary/aromatic N) is 2. The first-order valence-electron chi connectivity index (χ1n) is 5.69. The molecule has 1 saturated carbocycles. The summed E-state index contributed by atoms with van der Waals surface area (Å²) in [5.41, 5.74) is 0.733. The molecule has 17 heavy (non-hydrogen) atoms. The molecular formula is C12H13F2N3. The zero-order valence-electron chi connectivity index (χ0n) is 9.50. The first-order valence-corrected chi connectivity index (χ1v) is 5.69. The van der Waals surface area contributed by atoms with Gasteiger partial charge >= 0.3 is 0 Å². The monoisotopic (exact) mass is 237 g/mol. The second-order valence-electron chi connectivity index (χ2n) is 4.50. The Morgan fingerprint density at radius 2 is 2.18 bits per heavy atom. The van der Waals surface area contributed by atoms with Crippen molar-refractivity contribution >= 4 is 11.0 Å². The van der Waals surface area contributed by atoms with Crippen molar-refractivity contribution in [3.63, 3.8) is 0 Å². The van der Waals surface area contributed by atoms with E-state index < -0.39 is 11.6 Å². The number of imidazole rings is 1. The second kappa shape index (κ2) is 3.77. The molecule has 0 radical (unpaired) electrons. The highest BCUT2D eigenvalue weighted by molar-refractivity contribution is 5.76. The normalized spacial score (nSPS) is 15.7. The molecule has 5 heteroatoms. The number of aryl methyl sites for hydroxylation is 1. The van der Waals surface area contributed by atoms with Gasteiger partial charge < -0.3 is 9.88 Å². The van der Waals surface area contributed by atoms with Crippen LogP contribution in [-0.2, 0) is 13.6 Å².